The van der Waals surface area contributed by atoms with Gasteiger partial charge < -0.3 is 4.90 Å². The predicted molar refractivity (Wildman–Crippen MR) is 78.9 cm³/mol. The summed E-state index contributed by atoms with van der Waals surface area (Å²) in [4.78, 5) is 13.4. The zero-order chi connectivity index (χ0) is 14.8. The molecule has 2 rings (SSSR count). The average molecular weight is 296 g/mol. The van der Waals surface area contributed by atoms with Crippen LogP contribution in [0.5, 0.6) is 0 Å². The molecule has 0 saturated carbocycles. The van der Waals surface area contributed by atoms with Gasteiger partial charge in [-0.05, 0) is 38.0 Å². The predicted octanol–water partition coefficient (Wildman–Crippen LogP) is 1.64. The first kappa shape index (κ1) is 15.0. The molecule has 0 unspecified atom stereocenters. The Bertz CT molecular complexity index is 579. The number of anilines is 1. The lowest BCUT2D eigenvalue weighted by atomic mass is 10.2. The second-order valence-corrected chi connectivity index (χ2v) is 7.55. The molecule has 1 amide bonds. The van der Waals surface area contributed by atoms with Crippen LogP contribution in [0.2, 0.25) is 0 Å². The fourth-order valence-electron chi connectivity index (χ4n) is 2.07. The molecular weight excluding hydrogens is 276 g/mol. The summed E-state index contributed by atoms with van der Waals surface area (Å²) in [6, 6.07) is 7.43. The minimum atomic E-state index is -3.25. The van der Waals surface area contributed by atoms with E-state index >= 15 is 0 Å². The molecule has 1 aromatic carbocycles. The Morgan fingerprint density at radius 1 is 1.25 bits per heavy atom. The summed E-state index contributed by atoms with van der Waals surface area (Å²) in [6.45, 7) is 4.32. The van der Waals surface area contributed by atoms with Crippen LogP contribution in [0.1, 0.15) is 32.3 Å². The summed E-state index contributed by atoms with van der Waals surface area (Å²) in [5.41, 5.74) is 1.76. The van der Waals surface area contributed by atoms with E-state index in [0.29, 0.717) is 6.42 Å². The second-order valence-electron chi connectivity index (χ2n) is 5.23. The van der Waals surface area contributed by atoms with Gasteiger partial charge in [-0.25, -0.2) is 13.1 Å². The molecule has 110 valence electrons. The molecule has 1 aliphatic rings. The van der Waals surface area contributed by atoms with Crippen LogP contribution in [0.25, 0.3) is 0 Å². The van der Waals surface area contributed by atoms with E-state index < -0.39 is 15.3 Å². The molecule has 20 heavy (non-hydrogen) atoms. The third-order valence-electron chi connectivity index (χ3n) is 3.42. The highest BCUT2D eigenvalue weighted by molar-refractivity contribution is 7.90. The van der Waals surface area contributed by atoms with Gasteiger partial charge in [0.25, 0.3) is 0 Å². The van der Waals surface area contributed by atoms with Crippen molar-refractivity contribution in [3.05, 3.63) is 29.8 Å². The van der Waals surface area contributed by atoms with Crippen molar-refractivity contribution in [1.29, 1.82) is 0 Å². The summed E-state index contributed by atoms with van der Waals surface area (Å²) in [6.07, 6.45) is 1.50. The normalized spacial score (nSPS) is 16.1. The molecule has 6 heteroatoms. The van der Waals surface area contributed by atoms with Crippen molar-refractivity contribution in [2.75, 3.05) is 11.4 Å². The maximum absolute atomic E-state index is 11.7. The van der Waals surface area contributed by atoms with Crippen molar-refractivity contribution in [3.63, 3.8) is 0 Å². The summed E-state index contributed by atoms with van der Waals surface area (Å²) < 4.78 is 25.9. The standard InChI is InChI=1S/C14H20N2O3S/c1-11(2)20(18,19)15-10-12-5-7-13(8-6-12)16-9-3-4-14(16)17/h5-8,11,15H,3-4,9-10H2,1-2H3. The van der Waals surface area contributed by atoms with Crippen LogP contribution in [0.3, 0.4) is 0 Å². The van der Waals surface area contributed by atoms with Crippen molar-refractivity contribution >= 4 is 21.6 Å². The zero-order valence-corrected chi connectivity index (χ0v) is 12.6. The molecular formula is C14H20N2O3S. The van der Waals surface area contributed by atoms with Gasteiger partial charge in [0.15, 0.2) is 0 Å². The fraction of sp³-hybridized carbons (Fsp3) is 0.500. The minimum absolute atomic E-state index is 0.151. The van der Waals surface area contributed by atoms with Crippen LogP contribution in [0.4, 0.5) is 5.69 Å². The molecule has 5 nitrogen and oxygen atoms in total. The smallest absolute Gasteiger partial charge is 0.227 e. The molecule has 1 fully saturated rings. The van der Waals surface area contributed by atoms with Crippen LogP contribution >= 0.6 is 0 Å². The monoisotopic (exact) mass is 296 g/mol. The third-order valence-corrected chi connectivity index (χ3v) is 5.21. The second kappa shape index (κ2) is 5.93. The number of hydrogen-bond donors (Lipinski definition) is 1. The van der Waals surface area contributed by atoms with Crippen molar-refractivity contribution in [2.24, 2.45) is 0 Å². The van der Waals surface area contributed by atoms with Crippen LogP contribution in [0.15, 0.2) is 24.3 Å². The summed E-state index contributed by atoms with van der Waals surface area (Å²) in [7, 11) is -3.25. The molecule has 0 aromatic heterocycles. The van der Waals surface area contributed by atoms with E-state index in [0.717, 1.165) is 24.2 Å². The Kier molecular flexibility index (Phi) is 4.45. The summed E-state index contributed by atoms with van der Waals surface area (Å²) in [5.74, 6) is 0.151. The lowest BCUT2D eigenvalue weighted by molar-refractivity contribution is -0.117. The maximum atomic E-state index is 11.7. The number of rotatable bonds is 5. The summed E-state index contributed by atoms with van der Waals surface area (Å²) >= 11 is 0. The van der Waals surface area contributed by atoms with Gasteiger partial charge in [0.2, 0.25) is 15.9 Å². The first-order chi connectivity index (χ1) is 9.40. The van der Waals surface area contributed by atoms with Crippen molar-refractivity contribution < 1.29 is 13.2 Å². The highest BCUT2D eigenvalue weighted by Gasteiger charge is 2.21. The molecule has 1 heterocycles. The Balaban J connectivity index is 2.00. The highest BCUT2D eigenvalue weighted by Crippen LogP contribution is 2.21. The van der Waals surface area contributed by atoms with Crippen LogP contribution < -0.4 is 9.62 Å². The number of carbonyl (C=O) groups excluding carboxylic acids is 1. The highest BCUT2D eigenvalue weighted by atomic mass is 32.2. The van der Waals surface area contributed by atoms with E-state index in [1.54, 1.807) is 18.7 Å². The Morgan fingerprint density at radius 2 is 1.90 bits per heavy atom. The van der Waals surface area contributed by atoms with E-state index in [4.69, 9.17) is 0 Å². The number of benzene rings is 1. The first-order valence-electron chi connectivity index (χ1n) is 6.78. The van der Waals surface area contributed by atoms with Crippen molar-refractivity contribution in [1.82, 2.24) is 4.72 Å². The van der Waals surface area contributed by atoms with Gasteiger partial charge in [-0.1, -0.05) is 12.1 Å². The number of amides is 1. The van der Waals surface area contributed by atoms with Gasteiger partial charge in [0.05, 0.1) is 5.25 Å². The molecule has 1 aliphatic heterocycles. The van der Waals surface area contributed by atoms with Gasteiger partial charge in [-0.2, -0.15) is 0 Å². The van der Waals surface area contributed by atoms with Crippen LogP contribution in [0, 0.1) is 0 Å². The minimum Gasteiger partial charge on any atom is -0.312 e. The molecule has 1 saturated heterocycles. The SMILES string of the molecule is CC(C)S(=O)(=O)NCc1ccc(N2CCCC2=O)cc1. The van der Waals surface area contributed by atoms with Gasteiger partial charge in [-0.15, -0.1) is 0 Å². The summed E-state index contributed by atoms with van der Waals surface area (Å²) in [5, 5.41) is -0.441. The molecule has 0 radical (unpaired) electrons. The van der Waals surface area contributed by atoms with E-state index in [2.05, 4.69) is 4.72 Å². The third kappa shape index (κ3) is 3.37. The topological polar surface area (TPSA) is 66.5 Å². The van der Waals surface area contributed by atoms with Crippen molar-refractivity contribution in [2.45, 2.75) is 38.5 Å². The van der Waals surface area contributed by atoms with E-state index in [-0.39, 0.29) is 12.5 Å². The lowest BCUT2D eigenvalue weighted by Crippen LogP contribution is -2.30. The van der Waals surface area contributed by atoms with Gasteiger partial charge in [0, 0.05) is 25.2 Å². The van der Waals surface area contributed by atoms with Crippen molar-refractivity contribution in [3.8, 4) is 0 Å². The Labute approximate surface area is 120 Å². The molecule has 0 atom stereocenters. The molecule has 0 aliphatic carbocycles. The maximum Gasteiger partial charge on any atom is 0.227 e. The van der Waals surface area contributed by atoms with E-state index in [1.807, 2.05) is 24.3 Å². The molecule has 1 N–H and O–H groups in total. The van der Waals surface area contributed by atoms with E-state index in [1.165, 1.54) is 0 Å². The van der Waals surface area contributed by atoms with Crippen LogP contribution in [-0.2, 0) is 21.4 Å². The number of nitrogens with zero attached hydrogens (tertiary/aromatic N) is 1. The number of carbonyl (C=O) groups is 1. The van der Waals surface area contributed by atoms with E-state index in [9.17, 15) is 13.2 Å². The first-order valence-corrected chi connectivity index (χ1v) is 8.32. The lowest BCUT2D eigenvalue weighted by Gasteiger charge is -2.16. The Morgan fingerprint density at radius 3 is 2.40 bits per heavy atom. The largest absolute Gasteiger partial charge is 0.312 e. The van der Waals surface area contributed by atoms with Gasteiger partial charge in [0.1, 0.15) is 0 Å². The number of sulfonamides is 1. The number of hydrogen-bond acceptors (Lipinski definition) is 3. The quantitative estimate of drug-likeness (QED) is 0.898. The van der Waals surface area contributed by atoms with Crippen LogP contribution in [-0.4, -0.2) is 26.1 Å². The molecule has 0 bridgehead atoms. The average Bonchev–Trinajstić information content (AvgIpc) is 2.83. The molecule has 0 spiro atoms. The number of nitrogens with one attached hydrogen (secondary N) is 1. The van der Waals surface area contributed by atoms with Gasteiger partial charge in [-0.3, -0.25) is 4.79 Å². The Hall–Kier alpha value is -1.40. The fourth-order valence-corrected chi connectivity index (χ4v) is 2.77. The van der Waals surface area contributed by atoms with Gasteiger partial charge >= 0.3 is 0 Å². The molecule has 1 aromatic rings. The zero-order valence-electron chi connectivity index (χ0n) is 11.8.